The van der Waals surface area contributed by atoms with Crippen molar-refractivity contribution in [3.63, 3.8) is 0 Å². The maximum Gasteiger partial charge on any atom is 0.0561 e. The van der Waals surface area contributed by atoms with E-state index in [-0.39, 0.29) is 0 Å². The van der Waals surface area contributed by atoms with Gasteiger partial charge in [-0.25, -0.2) is 0 Å². The van der Waals surface area contributed by atoms with Crippen molar-refractivity contribution in [2.24, 2.45) is 0 Å². The highest BCUT2D eigenvalue weighted by atomic mass is 15.1. The Labute approximate surface area is 259 Å². The van der Waals surface area contributed by atoms with Gasteiger partial charge in [0, 0.05) is 33.7 Å². The van der Waals surface area contributed by atoms with Crippen molar-refractivity contribution >= 4 is 40.1 Å². The zero-order valence-electron chi connectivity index (χ0n) is 24.5. The second-order valence-corrected chi connectivity index (χ2v) is 10.7. The topological polar surface area (TPSA) is 8.17 Å². The minimum absolute atomic E-state index is 1.03. The fourth-order valence-corrected chi connectivity index (χ4v) is 6.07. The predicted molar refractivity (Wildman–Crippen MR) is 189 cm³/mol. The quantitative estimate of drug-likeness (QED) is 0.178. The summed E-state index contributed by atoms with van der Waals surface area (Å²) in [4.78, 5) is 2.32. The predicted octanol–water partition coefficient (Wildman–Crippen LogP) is 11.7. The Balaban J connectivity index is 1.37. The highest BCUT2D eigenvalue weighted by Crippen LogP contribution is 2.40. The zero-order chi connectivity index (χ0) is 29.9. The summed E-state index contributed by atoms with van der Waals surface area (Å²) in [6, 6.07) is 55.8. The van der Waals surface area contributed by atoms with Crippen LogP contribution in [-0.2, 0) is 0 Å². The number of nitrogens with zero attached hydrogens (tertiary/aromatic N) is 2. The number of fused-ring (bicyclic) bond motifs is 1. The summed E-state index contributed by atoms with van der Waals surface area (Å²) in [5.74, 6) is 0. The molecule has 0 bridgehead atoms. The summed E-state index contributed by atoms with van der Waals surface area (Å²) in [5, 5.41) is 1.14. The van der Waals surface area contributed by atoms with Gasteiger partial charge in [-0.15, -0.1) is 0 Å². The van der Waals surface area contributed by atoms with Crippen LogP contribution in [0, 0.1) is 0 Å². The molecule has 0 spiro atoms. The molecule has 2 heteroatoms. The van der Waals surface area contributed by atoms with Gasteiger partial charge in [0.1, 0.15) is 0 Å². The van der Waals surface area contributed by atoms with Gasteiger partial charge in [-0.2, -0.15) is 0 Å². The van der Waals surface area contributed by atoms with E-state index in [0.717, 1.165) is 44.9 Å². The molecule has 0 saturated carbocycles. The molecule has 0 saturated heterocycles. The van der Waals surface area contributed by atoms with Gasteiger partial charge < -0.3 is 9.47 Å². The molecule has 7 rings (SSSR count). The van der Waals surface area contributed by atoms with Crippen molar-refractivity contribution < 1.29 is 0 Å². The van der Waals surface area contributed by atoms with Gasteiger partial charge in [-0.3, -0.25) is 0 Å². The number of para-hydroxylation sites is 2. The molecule has 0 unspecified atom stereocenters. The molecule has 0 radical (unpaired) electrons. The molecule has 0 aliphatic rings. The van der Waals surface area contributed by atoms with Gasteiger partial charge in [0.25, 0.3) is 0 Å². The van der Waals surface area contributed by atoms with E-state index >= 15 is 0 Å². The van der Waals surface area contributed by atoms with Crippen LogP contribution in [0.1, 0.15) is 11.3 Å². The van der Waals surface area contributed by atoms with E-state index < -0.39 is 0 Å². The van der Waals surface area contributed by atoms with Gasteiger partial charge >= 0.3 is 0 Å². The largest absolute Gasteiger partial charge is 0.310 e. The van der Waals surface area contributed by atoms with Crippen molar-refractivity contribution in [3.05, 3.63) is 182 Å². The number of hydrogen-bond donors (Lipinski definition) is 0. The molecule has 0 N–H and O–H groups in total. The van der Waals surface area contributed by atoms with Crippen LogP contribution in [0.4, 0.5) is 17.1 Å². The summed E-state index contributed by atoms with van der Waals surface area (Å²) >= 11 is 0. The average molecular weight is 565 g/mol. The van der Waals surface area contributed by atoms with E-state index in [4.69, 9.17) is 0 Å². The number of rotatable bonds is 8. The maximum absolute atomic E-state index is 4.16. The lowest BCUT2D eigenvalue weighted by atomic mass is 10.00. The van der Waals surface area contributed by atoms with Crippen LogP contribution < -0.4 is 4.90 Å². The SMILES string of the molecule is C=Cc1c(C=C)n(-c2ccccc2)c2cc(N(c3ccccc3)c3cccc(-c4ccc(-c5ccccc5)cc4)c3)ccc12. The first kappa shape index (κ1) is 27.0. The van der Waals surface area contributed by atoms with Crippen molar-refractivity contribution in [1.29, 1.82) is 0 Å². The third kappa shape index (κ3) is 4.93. The molecule has 7 aromatic rings. The smallest absolute Gasteiger partial charge is 0.0561 e. The van der Waals surface area contributed by atoms with Crippen LogP contribution in [0.2, 0.25) is 0 Å². The second kappa shape index (κ2) is 11.8. The molecule has 210 valence electrons. The Bertz CT molecular complexity index is 2070. The molecule has 6 aromatic carbocycles. The van der Waals surface area contributed by atoms with E-state index in [1.165, 1.54) is 22.3 Å². The van der Waals surface area contributed by atoms with Gasteiger partial charge in [-0.05, 0) is 76.9 Å². The molecular weight excluding hydrogens is 532 g/mol. The van der Waals surface area contributed by atoms with E-state index in [2.05, 4.69) is 174 Å². The summed E-state index contributed by atoms with van der Waals surface area (Å²) in [5.41, 5.74) is 12.3. The zero-order valence-corrected chi connectivity index (χ0v) is 24.5. The summed E-state index contributed by atoms with van der Waals surface area (Å²) in [7, 11) is 0. The molecule has 0 atom stereocenters. The minimum atomic E-state index is 1.03. The molecule has 1 heterocycles. The number of hydrogen-bond acceptors (Lipinski definition) is 1. The third-order valence-corrected chi connectivity index (χ3v) is 8.14. The molecule has 2 nitrogen and oxygen atoms in total. The van der Waals surface area contributed by atoms with E-state index in [9.17, 15) is 0 Å². The van der Waals surface area contributed by atoms with Crippen LogP contribution in [-0.4, -0.2) is 4.57 Å². The Morgan fingerprint density at radius 2 is 1.00 bits per heavy atom. The molecule has 1 aromatic heterocycles. The van der Waals surface area contributed by atoms with Crippen LogP contribution >= 0.6 is 0 Å². The summed E-state index contributed by atoms with van der Waals surface area (Å²) < 4.78 is 2.27. The second-order valence-electron chi connectivity index (χ2n) is 10.7. The van der Waals surface area contributed by atoms with Crippen molar-refractivity contribution in [1.82, 2.24) is 4.57 Å². The van der Waals surface area contributed by atoms with Crippen molar-refractivity contribution in [2.45, 2.75) is 0 Å². The Morgan fingerprint density at radius 1 is 0.455 bits per heavy atom. The fraction of sp³-hybridized carbons (Fsp3) is 0. The van der Waals surface area contributed by atoms with E-state index in [1.54, 1.807) is 0 Å². The number of anilines is 3. The molecule has 0 aliphatic carbocycles. The lowest BCUT2D eigenvalue weighted by Gasteiger charge is -2.26. The summed E-state index contributed by atoms with van der Waals surface area (Å²) in [6.07, 6.45) is 3.85. The van der Waals surface area contributed by atoms with Crippen LogP contribution in [0.15, 0.2) is 171 Å². The standard InChI is InChI=1S/C42H32N2/c1-3-39-40-28-27-38(30-42(40)44(41(39)4-2)36-20-12-7-13-21-36)43(35-18-10-6-11-19-35)37-22-14-17-34(29-37)33-25-23-32(24-26-33)31-15-8-5-9-16-31/h3-30H,1-2H2. The van der Waals surface area contributed by atoms with Gasteiger partial charge in [0.15, 0.2) is 0 Å². The van der Waals surface area contributed by atoms with Gasteiger partial charge in [-0.1, -0.05) is 128 Å². The normalized spacial score (nSPS) is 10.9. The highest BCUT2D eigenvalue weighted by molar-refractivity contribution is 5.98. The first-order valence-electron chi connectivity index (χ1n) is 14.8. The van der Waals surface area contributed by atoms with Crippen LogP contribution in [0.25, 0.3) is 51.0 Å². The van der Waals surface area contributed by atoms with Gasteiger partial charge in [0.2, 0.25) is 0 Å². The third-order valence-electron chi connectivity index (χ3n) is 8.14. The monoisotopic (exact) mass is 564 g/mol. The number of benzene rings is 6. The van der Waals surface area contributed by atoms with Crippen LogP contribution in [0.5, 0.6) is 0 Å². The lowest BCUT2D eigenvalue weighted by Crippen LogP contribution is -2.10. The maximum atomic E-state index is 4.16. The minimum Gasteiger partial charge on any atom is -0.310 e. The molecule has 44 heavy (non-hydrogen) atoms. The van der Waals surface area contributed by atoms with Crippen molar-refractivity contribution in [3.8, 4) is 27.9 Å². The molecule has 0 fully saturated rings. The fourth-order valence-electron chi connectivity index (χ4n) is 6.07. The Hall–Kier alpha value is -5.86. The van der Waals surface area contributed by atoms with E-state index in [1.807, 2.05) is 18.2 Å². The Morgan fingerprint density at radius 3 is 1.66 bits per heavy atom. The van der Waals surface area contributed by atoms with Gasteiger partial charge in [0.05, 0.1) is 11.2 Å². The molecular formula is C42H32N2. The molecule has 0 aliphatic heterocycles. The first-order valence-corrected chi connectivity index (χ1v) is 14.8. The highest BCUT2D eigenvalue weighted by Gasteiger charge is 2.19. The summed E-state index contributed by atoms with van der Waals surface area (Å²) in [6.45, 7) is 8.29. The lowest BCUT2D eigenvalue weighted by molar-refractivity contribution is 1.10. The van der Waals surface area contributed by atoms with E-state index in [0.29, 0.717) is 0 Å². The number of aromatic nitrogens is 1. The Kier molecular flexibility index (Phi) is 7.24. The van der Waals surface area contributed by atoms with Crippen molar-refractivity contribution in [2.75, 3.05) is 4.90 Å². The first-order chi connectivity index (χ1) is 21.7. The van der Waals surface area contributed by atoms with Crippen LogP contribution in [0.3, 0.4) is 0 Å². The molecule has 0 amide bonds. The average Bonchev–Trinajstić information content (AvgIpc) is 3.43.